The summed E-state index contributed by atoms with van der Waals surface area (Å²) in [5.41, 5.74) is 11.2. The van der Waals surface area contributed by atoms with Crippen molar-refractivity contribution in [3.63, 3.8) is 0 Å². The van der Waals surface area contributed by atoms with Crippen LogP contribution in [-0.2, 0) is 37.6 Å². The van der Waals surface area contributed by atoms with Gasteiger partial charge in [-0.15, -0.1) is 0 Å². The van der Waals surface area contributed by atoms with Crippen molar-refractivity contribution in [3.05, 3.63) is 29.3 Å². The van der Waals surface area contributed by atoms with E-state index < -0.39 is 73.0 Å². The number of H-pyrrole nitrogens is 1. The van der Waals surface area contributed by atoms with Crippen LogP contribution in [0.2, 0.25) is 0 Å². The van der Waals surface area contributed by atoms with Gasteiger partial charge in [0.05, 0.1) is 25.4 Å². The third-order valence-corrected chi connectivity index (χ3v) is 9.58. The van der Waals surface area contributed by atoms with E-state index in [2.05, 4.69) is 34.6 Å². The number of imidazole rings is 2. The first-order valence-electron chi connectivity index (χ1n) is 13.1. The molecule has 3 saturated heterocycles. The Morgan fingerprint density at radius 1 is 1.05 bits per heavy atom. The fourth-order valence-electron chi connectivity index (χ4n) is 5.40. The predicted molar refractivity (Wildman–Crippen MR) is 146 cm³/mol. The van der Waals surface area contributed by atoms with Crippen LogP contribution in [-0.4, -0.2) is 97.9 Å². The Bertz CT molecular complexity index is 1970. The van der Waals surface area contributed by atoms with Crippen LogP contribution in [0, 0.1) is 0 Å². The van der Waals surface area contributed by atoms with Gasteiger partial charge in [-0.3, -0.25) is 28.0 Å². The first-order chi connectivity index (χ1) is 20.9. The second kappa shape index (κ2) is 10.5. The summed E-state index contributed by atoms with van der Waals surface area (Å²) in [4.78, 5) is 34.8. The number of alkyl halides is 1. The van der Waals surface area contributed by atoms with E-state index in [-0.39, 0.29) is 47.1 Å². The van der Waals surface area contributed by atoms with Gasteiger partial charge in [-0.25, -0.2) is 28.5 Å². The third kappa shape index (κ3) is 5.11. The van der Waals surface area contributed by atoms with E-state index in [1.54, 1.807) is 0 Å². The molecule has 3 aliphatic heterocycles. The van der Waals surface area contributed by atoms with Crippen LogP contribution in [0.15, 0.2) is 23.8 Å². The van der Waals surface area contributed by atoms with E-state index >= 15 is 4.39 Å². The lowest BCUT2D eigenvalue weighted by atomic mass is 10.1. The van der Waals surface area contributed by atoms with Crippen LogP contribution < -0.4 is 21.7 Å². The monoisotopic (exact) mass is 657 g/mol. The molecule has 23 heteroatoms. The Morgan fingerprint density at radius 2 is 1.80 bits per heavy atom. The van der Waals surface area contributed by atoms with E-state index in [0.717, 1.165) is 6.66 Å². The number of anilines is 2. The molecule has 8 unspecified atom stereocenters. The molecule has 0 amide bonds. The lowest BCUT2D eigenvalue weighted by Crippen LogP contribution is -2.41. The summed E-state index contributed by atoms with van der Waals surface area (Å²) >= 11 is 0. The average Bonchev–Trinajstić information content (AvgIpc) is 3.72. The molecular weight excluding hydrogens is 632 g/mol. The van der Waals surface area contributed by atoms with Crippen molar-refractivity contribution < 1.29 is 40.1 Å². The maximum atomic E-state index is 16.0. The molecule has 44 heavy (non-hydrogen) atoms. The zero-order valence-electron chi connectivity index (χ0n) is 22.6. The molecule has 0 aromatic carbocycles. The molecule has 236 valence electrons. The summed E-state index contributed by atoms with van der Waals surface area (Å²) in [6, 6.07) is 0. The highest BCUT2D eigenvalue weighted by atomic mass is 32.2. The Hall–Kier alpha value is -3.63. The van der Waals surface area contributed by atoms with Gasteiger partial charge in [0.25, 0.3) is 5.56 Å². The van der Waals surface area contributed by atoms with Crippen molar-refractivity contribution in [1.29, 1.82) is 0 Å². The molecular formula is C21H25FN11O9PS. The van der Waals surface area contributed by atoms with E-state index in [9.17, 15) is 17.8 Å². The lowest BCUT2D eigenvalue weighted by molar-refractivity contribution is -0.0447. The minimum atomic E-state index is -4.55. The van der Waals surface area contributed by atoms with Gasteiger partial charge in [0, 0.05) is 19.6 Å². The number of nitrogens with two attached hydrogens (primary N) is 2. The summed E-state index contributed by atoms with van der Waals surface area (Å²) in [5, 5.41) is 0. The molecule has 2 bridgehead atoms. The minimum Gasteiger partial charge on any atom is -0.382 e. The topological polar surface area (TPSA) is 269 Å². The number of hydrogen-bond acceptors (Lipinski definition) is 16. The van der Waals surface area contributed by atoms with Crippen molar-refractivity contribution >= 4 is 52.0 Å². The molecule has 7 heterocycles. The number of aromatic nitrogens is 8. The summed E-state index contributed by atoms with van der Waals surface area (Å²) in [5.74, 6) is -0.141. The SMILES string of the molecule is CP1(=O)OCC2CC(OS(=O)(=O)NCC3OC(n4cnc5c(N)ncnc54)C(F)C3O1)C(n1cnc3c(=O)[nH]c(N)nc31)O2. The fourth-order valence-corrected chi connectivity index (χ4v) is 7.53. The number of hydrogen-bond donors (Lipinski definition) is 4. The maximum Gasteiger partial charge on any atom is 0.336 e. The molecule has 0 saturated carbocycles. The number of halogens is 1. The molecule has 4 aromatic rings. The Kier molecular flexibility index (Phi) is 6.93. The molecule has 0 radical (unpaired) electrons. The Labute approximate surface area is 246 Å². The summed E-state index contributed by atoms with van der Waals surface area (Å²) in [6.45, 7) is 0.259. The van der Waals surface area contributed by atoms with E-state index in [1.807, 2.05) is 0 Å². The summed E-state index contributed by atoms with van der Waals surface area (Å²) < 4.78 is 89.0. The van der Waals surface area contributed by atoms with Crippen molar-refractivity contribution in [3.8, 4) is 0 Å². The first kappa shape index (κ1) is 29.1. The van der Waals surface area contributed by atoms with Crippen LogP contribution in [0.4, 0.5) is 16.2 Å². The van der Waals surface area contributed by atoms with Crippen LogP contribution in [0.5, 0.6) is 0 Å². The second-order valence-electron chi connectivity index (χ2n) is 10.3. The van der Waals surface area contributed by atoms with Gasteiger partial charge in [-0.1, -0.05) is 0 Å². The number of nitrogens with zero attached hydrogens (tertiary/aromatic N) is 7. The first-order valence-corrected chi connectivity index (χ1v) is 16.5. The van der Waals surface area contributed by atoms with Gasteiger partial charge in [-0.05, 0) is 0 Å². The summed E-state index contributed by atoms with van der Waals surface area (Å²) in [6.07, 6.45) is -5.89. The number of fused-ring (bicyclic) bond motifs is 5. The third-order valence-electron chi connectivity index (χ3n) is 7.32. The highest BCUT2D eigenvalue weighted by Gasteiger charge is 2.51. The van der Waals surface area contributed by atoms with Crippen LogP contribution >= 0.6 is 7.60 Å². The van der Waals surface area contributed by atoms with E-state index in [4.69, 9.17) is 34.2 Å². The zero-order valence-corrected chi connectivity index (χ0v) is 24.3. The van der Waals surface area contributed by atoms with Gasteiger partial charge in [0.2, 0.25) is 5.95 Å². The van der Waals surface area contributed by atoms with E-state index in [1.165, 1.54) is 28.1 Å². The second-order valence-corrected chi connectivity index (χ2v) is 13.7. The molecule has 3 aliphatic rings. The highest BCUT2D eigenvalue weighted by Crippen LogP contribution is 2.50. The van der Waals surface area contributed by atoms with Crippen LogP contribution in [0.25, 0.3) is 22.3 Å². The summed E-state index contributed by atoms with van der Waals surface area (Å²) in [7, 11) is -8.55. The standard InChI is InChI=1S/C21H25FN11O9PS/c1-43(35)38-4-8-2-9(19(39-8)33-7-28-13-17(33)30-21(24)31-18(13)34)42-44(36,37)29-3-10-14(41-43)11(22)20(40-10)32-6-27-12-15(23)25-5-26-16(12)32/h5-11,14,19-20,29H,2-4H2,1H3,(H2,23,25,26)(H3,24,30,31,34). The molecule has 0 spiro atoms. The maximum absolute atomic E-state index is 16.0. The molecule has 6 N–H and O–H groups in total. The Balaban J connectivity index is 1.19. The molecule has 3 fully saturated rings. The largest absolute Gasteiger partial charge is 0.382 e. The number of aromatic amines is 1. The van der Waals surface area contributed by atoms with Gasteiger partial charge >= 0.3 is 17.9 Å². The van der Waals surface area contributed by atoms with E-state index in [0.29, 0.717) is 0 Å². The number of nitrogen functional groups attached to an aromatic ring is 2. The Morgan fingerprint density at radius 3 is 2.59 bits per heavy atom. The molecule has 7 rings (SSSR count). The van der Waals surface area contributed by atoms with Crippen molar-refractivity contribution in [2.24, 2.45) is 0 Å². The van der Waals surface area contributed by atoms with Gasteiger partial charge in [0.1, 0.15) is 30.2 Å². The number of ether oxygens (including phenoxy) is 2. The predicted octanol–water partition coefficient (Wildman–Crippen LogP) is -0.895. The molecule has 20 nitrogen and oxygen atoms in total. The molecule has 0 aliphatic carbocycles. The van der Waals surface area contributed by atoms with Gasteiger partial charge in [-0.2, -0.15) is 18.1 Å². The van der Waals surface area contributed by atoms with Crippen molar-refractivity contribution in [1.82, 2.24) is 43.8 Å². The quantitative estimate of drug-likeness (QED) is 0.190. The highest BCUT2D eigenvalue weighted by molar-refractivity contribution is 7.84. The number of nitrogens with one attached hydrogen (secondary N) is 2. The van der Waals surface area contributed by atoms with Gasteiger partial charge in [0.15, 0.2) is 41.3 Å². The zero-order chi connectivity index (χ0) is 31.0. The average molecular weight is 658 g/mol. The molecule has 4 aromatic heterocycles. The smallest absolute Gasteiger partial charge is 0.336 e. The lowest BCUT2D eigenvalue weighted by Gasteiger charge is -2.25. The van der Waals surface area contributed by atoms with Crippen LogP contribution in [0.3, 0.4) is 0 Å². The van der Waals surface area contributed by atoms with Crippen LogP contribution in [0.1, 0.15) is 18.9 Å². The van der Waals surface area contributed by atoms with Crippen molar-refractivity contribution in [2.45, 2.75) is 49.5 Å². The number of rotatable bonds is 2. The molecule has 8 atom stereocenters. The normalized spacial score (nSPS) is 34.4. The van der Waals surface area contributed by atoms with Crippen molar-refractivity contribution in [2.75, 3.05) is 31.3 Å². The fraction of sp³-hybridized carbons (Fsp3) is 0.524. The van der Waals surface area contributed by atoms with Gasteiger partial charge < -0.3 is 25.5 Å². The minimum absolute atomic E-state index is 0.0173.